The van der Waals surface area contributed by atoms with Crippen molar-refractivity contribution in [1.29, 1.82) is 0 Å². The van der Waals surface area contributed by atoms with Gasteiger partial charge >= 0.3 is 0 Å². The van der Waals surface area contributed by atoms with Crippen LogP contribution in [-0.4, -0.2) is 58.8 Å². The summed E-state index contributed by atoms with van der Waals surface area (Å²) < 4.78 is 7.97. The van der Waals surface area contributed by atoms with E-state index in [4.69, 9.17) is 9.73 Å². The van der Waals surface area contributed by atoms with E-state index in [-0.39, 0.29) is 5.91 Å². The molecule has 1 aliphatic heterocycles. The highest BCUT2D eigenvalue weighted by molar-refractivity contribution is 5.98. The monoisotopic (exact) mass is 424 g/mol. The maximum Gasteiger partial charge on any atom is 0.246 e. The second kappa shape index (κ2) is 9.85. The van der Waals surface area contributed by atoms with Crippen molar-refractivity contribution in [1.82, 2.24) is 20.0 Å². The predicted molar refractivity (Wildman–Crippen MR) is 121 cm³/mol. The highest BCUT2D eigenvalue weighted by Gasteiger charge is 2.27. The lowest BCUT2D eigenvalue weighted by atomic mass is 10.2. The number of amides is 1. The summed E-state index contributed by atoms with van der Waals surface area (Å²) in [6.45, 7) is 4.92. The van der Waals surface area contributed by atoms with Crippen LogP contribution in [0.25, 0.3) is 0 Å². The van der Waals surface area contributed by atoms with Crippen LogP contribution in [0.1, 0.15) is 38.2 Å². The second-order valence-electron chi connectivity index (χ2n) is 8.14. The first-order valence-electron chi connectivity index (χ1n) is 11.2. The van der Waals surface area contributed by atoms with Gasteiger partial charge in [-0.25, -0.2) is 4.99 Å². The van der Waals surface area contributed by atoms with Gasteiger partial charge in [0.05, 0.1) is 24.5 Å². The number of aliphatic imine (C=N–C) groups is 1. The molecular weight excluding hydrogens is 392 g/mol. The summed E-state index contributed by atoms with van der Waals surface area (Å²) in [5.41, 5.74) is 1.91. The Bertz CT molecular complexity index is 918. The minimum atomic E-state index is 0.0508. The van der Waals surface area contributed by atoms with Gasteiger partial charge in [-0.3, -0.25) is 9.48 Å². The van der Waals surface area contributed by atoms with Gasteiger partial charge in [0.1, 0.15) is 12.3 Å². The molecule has 2 aromatic rings. The first-order valence-corrected chi connectivity index (χ1v) is 11.2. The molecule has 0 bridgehead atoms. The molecule has 1 saturated heterocycles. The molecular formula is C23H32N6O2. The molecule has 1 amide bonds. The average Bonchev–Trinajstić information content (AvgIpc) is 3.44. The molecule has 1 aliphatic carbocycles. The van der Waals surface area contributed by atoms with Crippen molar-refractivity contribution in [3.8, 4) is 5.75 Å². The van der Waals surface area contributed by atoms with Crippen LogP contribution in [-0.2, 0) is 18.4 Å². The number of anilines is 1. The van der Waals surface area contributed by atoms with E-state index < -0.39 is 0 Å². The number of ether oxygens (including phenoxy) is 1. The second-order valence-corrected chi connectivity index (χ2v) is 8.14. The maximum absolute atomic E-state index is 12.8. The zero-order valence-electron chi connectivity index (χ0n) is 18.5. The first kappa shape index (κ1) is 21.2. The average molecular weight is 425 g/mol. The van der Waals surface area contributed by atoms with Gasteiger partial charge < -0.3 is 19.9 Å². The Morgan fingerprint density at radius 3 is 2.77 bits per heavy atom. The van der Waals surface area contributed by atoms with Crippen molar-refractivity contribution in [2.45, 2.75) is 45.3 Å². The number of carbonyl (C=O) groups is 1. The van der Waals surface area contributed by atoms with E-state index in [2.05, 4.69) is 16.5 Å². The standard InChI is InChI=1S/C23H32N6O2/c1-3-24-23(28-12-13-29(22(30)17-28)19-15-26-27(2)16-19)25-14-18-8-4-7-11-21(18)31-20-9-5-6-10-20/h4,7-8,11,15-16,20H,3,5-6,9-10,12-14,17H2,1-2H3,(H,24,25). The molecule has 8 nitrogen and oxygen atoms in total. The molecule has 1 aromatic heterocycles. The molecule has 2 aliphatic rings. The number of aromatic nitrogens is 2. The largest absolute Gasteiger partial charge is 0.490 e. The maximum atomic E-state index is 12.8. The summed E-state index contributed by atoms with van der Waals surface area (Å²) in [7, 11) is 1.86. The van der Waals surface area contributed by atoms with Gasteiger partial charge in [-0.05, 0) is 38.7 Å². The number of piperazine rings is 1. The number of guanidine groups is 1. The Balaban J connectivity index is 1.44. The Labute approximate surface area is 183 Å². The van der Waals surface area contributed by atoms with Gasteiger partial charge in [-0.1, -0.05) is 18.2 Å². The summed E-state index contributed by atoms with van der Waals surface area (Å²) >= 11 is 0. The van der Waals surface area contributed by atoms with E-state index in [1.165, 1.54) is 12.8 Å². The number of hydrogen-bond acceptors (Lipinski definition) is 4. The highest BCUT2D eigenvalue weighted by atomic mass is 16.5. The molecule has 2 heterocycles. The fourth-order valence-corrected chi connectivity index (χ4v) is 4.20. The lowest BCUT2D eigenvalue weighted by molar-refractivity contribution is -0.120. The van der Waals surface area contributed by atoms with Gasteiger partial charge in [0.15, 0.2) is 5.96 Å². The zero-order chi connectivity index (χ0) is 21.6. The van der Waals surface area contributed by atoms with Gasteiger partial charge in [-0.2, -0.15) is 5.10 Å². The number of carbonyl (C=O) groups excluding carboxylic acids is 1. The molecule has 2 fully saturated rings. The van der Waals surface area contributed by atoms with Crippen LogP contribution in [0.4, 0.5) is 5.69 Å². The van der Waals surface area contributed by atoms with E-state index >= 15 is 0 Å². The minimum Gasteiger partial charge on any atom is -0.490 e. The van der Waals surface area contributed by atoms with E-state index in [1.807, 2.05) is 43.3 Å². The Morgan fingerprint density at radius 1 is 1.26 bits per heavy atom. The molecule has 31 heavy (non-hydrogen) atoms. The number of aryl methyl sites for hydroxylation is 1. The minimum absolute atomic E-state index is 0.0508. The number of benzene rings is 1. The van der Waals surface area contributed by atoms with Crippen LogP contribution in [0.15, 0.2) is 41.7 Å². The fraction of sp³-hybridized carbons (Fsp3) is 0.522. The Kier molecular flexibility index (Phi) is 6.74. The van der Waals surface area contributed by atoms with Gasteiger partial charge in [0, 0.05) is 38.4 Å². The summed E-state index contributed by atoms with van der Waals surface area (Å²) in [4.78, 5) is 21.4. The quantitative estimate of drug-likeness (QED) is 0.570. The SMILES string of the molecule is CCNC(=NCc1ccccc1OC1CCCC1)N1CCN(c2cnn(C)c2)C(=O)C1. The molecule has 0 unspecified atom stereocenters. The molecule has 1 aromatic carbocycles. The molecule has 0 spiro atoms. The zero-order valence-corrected chi connectivity index (χ0v) is 18.5. The van der Waals surface area contributed by atoms with Gasteiger partial charge in [0.25, 0.3) is 0 Å². The highest BCUT2D eigenvalue weighted by Crippen LogP contribution is 2.27. The number of para-hydroxylation sites is 1. The molecule has 1 N–H and O–H groups in total. The smallest absolute Gasteiger partial charge is 0.246 e. The van der Waals surface area contributed by atoms with Crippen molar-refractivity contribution < 1.29 is 9.53 Å². The summed E-state index contributed by atoms with van der Waals surface area (Å²) in [5.74, 6) is 1.73. The van der Waals surface area contributed by atoms with Crippen LogP contribution < -0.4 is 15.0 Å². The van der Waals surface area contributed by atoms with E-state index in [0.29, 0.717) is 32.3 Å². The van der Waals surface area contributed by atoms with Crippen LogP contribution in [0.2, 0.25) is 0 Å². The summed E-state index contributed by atoms with van der Waals surface area (Å²) in [5, 5.41) is 7.52. The van der Waals surface area contributed by atoms with E-state index in [0.717, 1.165) is 42.3 Å². The van der Waals surface area contributed by atoms with Crippen molar-refractivity contribution in [3.05, 3.63) is 42.2 Å². The summed E-state index contributed by atoms with van der Waals surface area (Å²) in [6.07, 6.45) is 8.66. The number of hydrogen-bond donors (Lipinski definition) is 1. The van der Waals surface area contributed by atoms with Gasteiger partial charge in [0.2, 0.25) is 5.91 Å². The third-order valence-corrected chi connectivity index (χ3v) is 5.83. The fourth-order valence-electron chi connectivity index (χ4n) is 4.20. The van der Waals surface area contributed by atoms with Crippen molar-refractivity contribution in [3.63, 3.8) is 0 Å². The van der Waals surface area contributed by atoms with Crippen molar-refractivity contribution in [2.24, 2.45) is 12.0 Å². The van der Waals surface area contributed by atoms with E-state index in [9.17, 15) is 4.79 Å². The molecule has 0 atom stereocenters. The van der Waals surface area contributed by atoms with E-state index in [1.54, 1.807) is 15.8 Å². The normalized spacial score (nSPS) is 18.0. The lowest BCUT2D eigenvalue weighted by Gasteiger charge is -2.35. The first-order chi connectivity index (χ1) is 15.1. The van der Waals surface area contributed by atoms with Crippen LogP contribution in [0.5, 0.6) is 5.75 Å². The molecule has 0 radical (unpaired) electrons. The Morgan fingerprint density at radius 2 is 2.06 bits per heavy atom. The van der Waals surface area contributed by atoms with Crippen molar-refractivity contribution >= 4 is 17.6 Å². The third kappa shape index (κ3) is 5.18. The summed E-state index contributed by atoms with van der Waals surface area (Å²) in [6, 6.07) is 8.14. The van der Waals surface area contributed by atoms with Crippen LogP contribution in [0.3, 0.4) is 0 Å². The molecule has 1 saturated carbocycles. The van der Waals surface area contributed by atoms with Crippen LogP contribution >= 0.6 is 0 Å². The van der Waals surface area contributed by atoms with Crippen LogP contribution in [0, 0.1) is 0 Å². The predicted octanol–water partition coefficient (Wildman–Crippen LogP) is 2.56. The Hall–Kier alpha value is -3.03. The molecule has 166 valence electrons. The van der Waals surface area contributed by atoms with Gasteiger partial charge in [-0.15, -0.1) is 0 Å². The molecule has 8 heteroatoms. The number of rotatable bonds is 6. The molecule has 4 rings (SSSR count). The number of nitrogens with zero attached hydrogens (tertiary/aromatic N) is 5. The number of nitrogens with one attached hydrogen (secondary N) is 1. The lowest BCUT2D eigenvalue weighted by Crippen LogP contribution is -2.55. The van der Waals surface area contributed by atoms with Crippen molar-refractivity contribution in [2.75, 3.05) is 31.1 Å². The topological polar surface area (TPSA) is 75.0 Å². The third-order valence-electron chi connectivity index (χ3n) is 5.83.